The molecule has 1 N–H and O–H groups in total. The number of rotatable bonds is 0. The molecule has 0 aromatic heterocycles. The van der Waals surface area contributed by atoms with Gasteiger partial charge < -0.3 is 5.32 Å². The van der Waals surface area contributed by atoms with E-state index in [4.69, 9.17) is 0 Å². The Bertz CT molecular complexity index is 144. The summed E-state index contributed by atoms with van der Waals surface area (Å²) in [5, 5.41) is 3.23. The van der Waals surface area contributed by atoms with Gasteiger partial charge in [0, 0.05) is 18.9 Å². The van der Waals surface area contributed by atoms with Crippen molar-refractivity contribution < 1.29 is 4.79 Å². The Labute approximate surface area is 54.6 Å². The van der Waals surface area contributed by atoms with Crippen molar-refractivity contribution in [2.75, 3.05) is 13.1 Å². The Morgan fingerprint density at radius 1 is 1.56 bits per heavy atom. The molecule has 2 heteroatoms. The zero-order valence-electron chi connectivity index (χ0n) is 5.39. The van der Waals surface area contributed by atoms with Crippen LogP contribution in [0.1, 0.15) is 12.8 Å². The van der Waals surface area contributed by atoms with Crippen LogP contribution in [0.2, 0.25) is 0 Å². The molecule has 1 aliphatic heterocycles. The van der Waals surface area contributed by atoms with Crippen molar-refractivity contribution >= 4 is 5.78 Å². The number of fused-ring (bicyclic) bond motifs is 1. The molecule has 1 saturated carbocycles. The van der Waals surface area contributed by atoms with E-state index in [9.17, 15) is 4.79 Å². The van der Waals surface area contributed by atoms with Gasteiger partial charge in [-0.1, -0.05) is 0 Å². The van der Waals surface area contributed by atoms with Crippen LogP contribution in [0.25, 0.3) is 0 Å². The average molecular weight is 125 g/mol. The molecule has 1 heterocycles. The molecule has 0 aromatic rings. The fraction of sp³-hybridized carbons (Fsp3) is 0.857. The minimum atomic E-state index is 0.402. The Morgan fingerprint density at radius 3 is 3.00 bits per heavy atom. The molecule has 1 aliphatic carbocycles. The van der Waals surface area contributed by atoms with Crippen LogP contribution >= 0.6 is 0 Å². The quantitative estimate of drug-likeness (QED) is 0.500. The number of ketones is 1. The molecule has 2 aliphatic rings. The maximum absolute atomic E-state index is 10.8. The lowest BCUT2D eigenvalue weighted by atomic mass is 9.69. The molecular formula is C7H11NO. The lowest BCUT2D eigenvalue weighted by Crippen LogP contribution is -2.49. The first kappa shape index (κ1) is 5.42. The second-order valence-corrected chi connectivity index (χ2v) is 3.03. The molecule has 50 valence electrons. The van der Waals surface area contributed by atoms with Crippen molar-refractivity contribution in [1.82, 2.24) is 5.32 Å². The summed E-state index contributed by atoms with van der Waals surface area (Å²) in [6.45, 7) is 2.07. The first-order chi connectivity index (χ1) is 4.38. The third-order valence-electron chi connectivity index (χ3n) is 2.50. The highest BCUT2D eigenvalue weighted by Gasteiger charge is 2.40. The summed E-state index contributed by atoms with van der Waals surface area (Å²) in [7, 11) is 0. The van der Waals surface area contributed by atoms with Crippen LogP contribution < -0.4 is 5.32 Å². The van der Waals surface area contributed by atoms with E-state index in [0.29, 0.717) is 11.7 Å². The summed E-state index contributed by atoms with van der Waals surface area (Å²) >= 11 is 0. The van der Waals surface area contributed by atoms with Crippen LogP contribution in [0.3, 0.4) is 0 Å². The van der Waals surface area contributed by atoms with Crippen LogP contribution in [-0.4, -0.2) is 18.9 Å². The molecular weight excluding hydrogens is 114 g/mol. The van der Waals surface area contributed by atoms with E-state index in [1.807, 2.05) is 0 Å². The highest BCUT2D eigenvalue weighted by Crippen LogP contribution is 2.34. The third-order valence-corrected chi connectivity index (χ3v) is 2.50. The number of piperidine rings is 1. The zero-order chi connectivity index (χ0) is 6.27. The largest absolute Gasteiger partial charge is 0.316 e. The van der Waals surface area contributed by atoms with Gasteiger partial charge in [0.1, 0.15) is 5.78 Å². The van der Waals surface area contributed by atoms with Gasteiger partial charge in [0.2, 0.25) is 0 Å². The van der Waals surface area contributed by atoms with Gasteiger partial charge in [0.25, 0.3) is 0 Å². The minimum absolute atomic E-state index is 0.402. The summed E-state index contributed by atoms with van der Waals surface area (Å²) in [5.41, 5.74) is 0. The molecule has 0 spiro atoms. The Hall–Kier alpha value is -0.370. The Morgan fingerprint density at radius 2 is 2.44 bits per heavy atom. The summed E-state index contributed by atoms with van der Waals surface area (Å²) in [4.78, 5) is 10.8. The van der Waals surface area contributed by atoms with Gasteiger partial charge in [-0.3, -0.25) is 4.79 Å². The first-order valence-corrected chi connectivity index (χ1v) is 3.61. The third kappa shape index (κ3) is 0.697. The number of carbonyl (C=O) groups is 1. The lowest BCUT2D eigenvalue weighted by molar-refractivity contribution is -0.135. The molecule has 0 aromatic carbocycles. The number of hydrogen-bond acceptors (Lipinski definition) is 2. The van der Waals surface area contributed by atoms with Crippen molar-refractivity contribution in [1.29, 1.82) is 0 Å². The van der Waals surface area contributed by atoms with E-state index < -0.39 is 0 Å². The van der Waals surface area contributed by atoms with Crippen molar-refractivity contribution in [2.45, 2.75) is 12.8 Å². The molecule has 0 radical (unpaired) electrons. The molecule has 2 nitrogen and oxygen atoms in total. The number of hydrogen-bond donors (Lipinski definition) is 1. The second-order valence-electron chi connectivity index (χ2n) is 3.03. The minimum Gasteiger partial charge on any atom is -0.316 e. The SMILES string of the molecule is O=C1C[C@H]2CCNC[C@H]12. The predicted octanol–water partition coefficient (Wildman–Crippen LogP) is 0.185. The Balaban J connectivity index is 2.01. The first-order valence-electron chi connectivity index (χ1n) is 3.61. The van der Waals surface area contributed by atoms with Gasteiger partial charge >= 0.3 is 0 Å². The highest BCUT2D eigenvalue weighted by atomic mass is 16.1. The molecule has 0 unspecified atom stereocenters. The van der Waals surface area contributed by atoms with Crippen LogP contribution in [0.5, 0.6) is 0 Å². The standard InChI is InChI=1S/C7H11NO/c9-7-3-5-1-2-8-4-6(5)7/h5-6,8H,1-4H2/t5-,6+/m1/s1. The molecule has 0 bridgehead atoms. The van der Waals surface area contributed by atoms with E-state index in [1.54, 1.807) is 0 Å². The maximum atomic E-state index is 10.8. The summed E-state index contributed by atoms with van der Waals surface area (Å²) in [5.74, 6) is 1.63. The van der Waals surface area contributed by atoms with Crippen molar-refractivity contribution in [3.05, 3.63) is 0 Å². The molecule has 1 saturated heterocycles. The lowest BCUT2D eigenvalue weighted by Gasteiger charge is -2.38. The van der Waals surface area contributed by atoms with Crippen LogP contribution in [0, 0.1) is 11.8 Å². The van der Waals surface area contributed by atoms with Crippen molar-refractivity contribution in [2.24, 2.45) is 11.8 Å². The van der Waals surface area contributed by atoms with E-state index >= 15 is 0 Å². The van der Waals surface area contributed by atoms with Gasteiger partial charge in [-0.05, 0) is 18.9 Å². The smallest absolute Gasteiger partial charge is 0.137 e. The summed E-state index contributed by atoms with van der Waals surface area (Å²) < 4.78 is 0. The van der Waals surface area contributed by atoms with Crippen LogP contribution in [-0.2, 0) is 4.79 Å². The summed E-state index contributed by atoms with van der Waals surface area (Å²) in [6.07, 6.45) is 2.09. The number of Topliss-reactive ketones (excluding diaryl/α,β-unsaturated/α-hetero) is 1. The van der Waals surface area contributed by atoms with E-state index in [-0.39, 0.29) is 0 Å². The average Bonchev–Trinajstić information content (AvgIpc) is 1.86. The van der Waals surface area contributed by atoms with Gasteiger partial charge in [-0.25, -0.2) is 0 Å². The fourth-order valence-corrected chi connectivity index (χ4v) is 1.78. The van der Waals surface area contributed by atoms with Gasteiger partial charge in [0.05, 0.1) is 0 Å². The van der Waals surface area contributed by atoms with Gasteiger partial charge in [0.15, 0.2) is 0 Å². The molecule has 2 atom stereocenters. The van der Waals surface area contributed by atoms with Gasteiger partial charge in [-0.15, -0.1) is 0 Å². The summed E-state index contributed by atoms with van der Waals surface area (Å²) in [6, 6.07) is 0. The zero-order valence-corrected chi connectivity index (χ0v) is 5.39. The topological polar surface area (TPSA) is 29.1 Å². The number of nitrogens with one attached hydrogen (secondary N) is 1. The fourth-order valence-electron chi connectivity index (χ4n) is 1.78. The maximum Gasteiger partial charge on any atom is 0.137 e. The molecule has 9 heavy (non-hydrogen) atoms. The van der Waals surface area contributed by atoms with Crippen LogP contribution in [0.4, 0.5) is 0 Å². The van der Waals surface area contributed by atoms with E-state index in [2.05, 4.69) is 5.32 Å². The highest BCUT2D eigenvalue weighted by molar-refractivity contribution is 5.87. The monoisotopic (exact) mass is 125 g/mol. The van der Waals surface area contributed by atoms with Crippen molar-refractivity contribution in [3.8, 4) is 0 Å². The van der Waals surface area contributed by atoms with Crippen molar-refractivity contribution in [3.63, 3.8) is 0 Å². The van der Waals surface area contributed by atoms with E-state index in [0.717, 1.165) is 25.4 Å². The van der Waals surface area contributed by atoms with Crippen LogP contribution in [0.15, 0.2) is 0 Å². The molecule has 2 fully saturated rings. The predicted molar refractivity (Wildman–Crippen MR) is 34.1 cm³/mol. The number of carbonyl (C=O) groups excluding carboxylic acids is 1. The second kappa shape index (κ2) is 1.81. The molecule has 0 amide bonds. The van der Waals surface area contributed by atoms with E-state index in [1.165, 1.54) is 6.42 Å². The molecule has 2 rings (SSSR count). The Kier molecular flexibility index (Phi) is 1.09. The normalized spacial score (nSPS) is 41.6. The van der Waals surface area contributed by atoms with Gasteiger partial charge in [-0.2, -0.15) is 0 Å².